The summed E-state index contributed by atoms with van der Waals surface area (Å²) in [5, 5.41) is 12.0. The first kappa shape index (κ1) is 16.3. The molecule has 0 fully saturated rings. The fourth-order valence-corrected chi connectivity index (χ4v) is 4.11. The van der Waals surface area contributed by atoms with E-state index in [1.54, 1.807) is 19.2 Å². The molecule has 0 saturated carbocycles. The van der Waals surface area contributed by atoms with Crippen LogP contribution in [0.2, 0.25) is 0 Å². The number of anilines is 1. The highest BCUT2D eigenvalue weighted by molar-refractivity contribution is 7.89. The van der Waals surface area contributed by atoms with Gasteiger partial charge >= 0.3 is 0 Å². The molecule has 2 N–H and O–H groups in total. The molecule has 0 unspecified atom stereocenters. The Hall–Kier alpha value is -1.11. The van der Waals surface area contributed by atoms with Crippen LogP contribution in [0.1, 0.15) is 31.2 Å². The summed E-state index contributed by atoms with van der Waals surface area (Å²) in [6, 6.07) is 5.43. The first-order valence-corrected chi connectivity index (χ1v) is 8.94. The number of rotatable bonds is 7. The maximum atomic E-state index is 12.7. The lowest BCUT2D eigenvalue weighted by atomic mass is 10.0. The third kappa shape index (κ3) is 3.75. The van der Waals surface area contributed by atoms with Crippen molar-refractivity contribution in [2.45, 2.75) is 37.0 Å². The van der Waals surface area contributed by atoms with Crippen molar-refractivity contribution >= 4 is 15.7 Å². The number of nitrogens with zero attached hydrogens (tertiary/aromatic N) is 1. The predicted molar refractivity (Wildman–Crippen MR) is 84.0 cm³/mol. The Kier molecular flexibility index (Phi) is 5.61. The van der Waals surface area contributed by atoms with Crippen LogP contribution in [-0.2, 0) is 16.4 Å². The molecule has 0 amide bonds. The van der Waals surface area contributed by atoms with Crippen molar-refractivity contribution in [2.75, 3.05) is 32.1 Å². The van der Waals surface area contributed by atoms with Crippen molar-refractivity contribution in [2.24, 2.45) is 0 Å². The summed E-state index contributed by atoms with van der Waals surface area (Å²) in [5.41, 5.74) is 1.85. The molecule has 0 aromatic heterocycles. The van der Waals surface area contributed by atoms with Crippen LogP contribution >= 0.6 is 0 Å². The fourth-order valence-electron chi connectivity index (χ4n) is 2.63. The zero-order valence-electron chi connectivity index (χ0n) is 12.5. The summed E-state index contributed by atoms with van der Waals surface area (Å²) in [6.45, 7) is 1.54. The van der Waals surface area contributed by atoms with E-state index < -0.39 is 10.0 Å². The summed E-state index contributed by atoms with van der Waals surface area (Å²) in [7, 11) is -1.81. The van der Waals surface area contributed by atoms with Crippen LogP contribution in [0.3, 0.4) is 0 Å². The zero-order chi connectivity index (χ0) is 15.3. The highest BCUT2D eigenvalue weighted by atomic mass is 32.2. The third-order valence-electron chi connectivity index (χ3n) is 3.87. The molecule has 0 spiro atoms. The van der Waals surface area contributed by atoms with E-state index in [1.165, 1.54) is 4.31 Å². The summed E-state index contributed by atoms with van der Waals surface area (Å²) in [5.74, 6) is 0. The van der Waals surface area contributed by atoms with Gasteiger partial charge < -0.3 is 10.4 Å². The molecule has 0 aliphatic carbocycles. The van der Waals surface area contributed by atoms with Gasteiger partial charge in [0, 0.05) is 32.4 Å². The lowest BCUT2D eigenvalue weighted by Crippen LogP contribution is -2.29. The van der Waals surface area contributed by atoms with Crippen molar-refractivity contribution in [3.05, 3.63) is 23.8 Å². The Labute approximate surface area is 127 Å². The van der Waals surface area contributed by atoms with E-state index in [9.17, 15) is 8.42 Å². The summed E-state index contributed by atoms with van der Waals surface area (Å²) in [4.78, 5) is 0.428. The molecule has 6 heteroatoms. The number of hydrogen-bond acceptors (Lipinski definition) is 4. The monoisotopic (exact) mass is 312 g/mol. The van der Waals surface area contributed by atoms with Crippen molar-refractivity contribution in [3.8, 4) is 0 Å². The Morgan fingerprint density at radius 2 is 2.10 bits per heavy atom. The van der Waals surface area contributed by atoms with Crippen LogP contribution in [-0.4, -0.2) is 44.6 Å². The normalized spacial score (nSPS) is 14.8. The topological polar surface area (TPSA) is 69.6 Å². The second-order valence-corrected chi connectivity index (χ2v) is 7.44. The molecule has 1 heterocycles. The Bertz CT molecular complexity index is 572. The molecule has 1 aliphatic heterocycles. The van der Waals surface area contributed by atoms with E-state index in [-0.39, 0.29) is 6.61 Å². The lowest BCUT2D eigenvalue weighted by Gasteiger charge is -2.24. The number of aliphatic hydroxyl groups excluding tert-OH is 1. The van der Waals surface area contributed by atoms with Gasteiger partial charge in [-0.1, -0.05) is 6.07 Å². The van der Waals surface area contributed by atoms with Gasteiger partial charge in [0.05, 0.1) is 4.90 Å². The molecule has 5 nitrogen and oxygen atoms in total. The van der Waals surface area contributed by atoms with Gasteiger partial charge in [-0.2, -0.15) is 0 Å². The van der Waals surface area contributed by atoms with Gasteiger partial charge in [-0.25, -0.2) is 12.7 Å². The number of unbranched alkanes of at least 4 members (excludes halogenated alkanes) is 2. The summed E-state index contributed by atoms with van der Waals surface area (Å²) < 4.78 is 26.9. The van der Waals surface area contributed by atoms with Crippen LogP contribution in [0.5, 0.6) is 0 Å². The maximum Gasteiger partial charge on any atom is 0.243 e. The van der Waals surface area contributed by atoms with Crippen LogP contribution in [0.25, 0.3) is 0 Å². The zero-order valence-corrected chi connectivity index (χ0v) is 13.3. The molecular formula is C15H24N2O3S. The first-order valence-electron chi connectivity index (χ1n) is 7.50. The lowest BCUT2D eigenvalue weighted by molar-refractivity contribution is 0.281. The van der Waals surface area contributed by atoms with Crippen LogP contribution in [0, 0.1) is 0 Å². The van der Waals surface area contributed by atoms with Crippen molar-refractivity contribution in [1.29, 1.82) is 0 Å². The van der Waals surface area contributed by atoms with Crippen molar-refractivity contribution in [3.63, 3.8) is 0 Å². The fraction of sp³-hybridized carbons (Fsp3) is 0.600. The smallest absolute Gasteiger partial charge is 0.243 e. The third-order valence-corrected chi connectivity index (χ3v) is 5.81. The predicted octanol–water partition coefficient (Wildman–Crippen LogP) is 1.83. The maximum absolute atomic E-state index is 12.7. The van der Waals surface area contributed by atoms with Crippen LogP contribution < -0.4 is 5.32 Å². The molecule has 0 atom stereocenters. The molecule has 0 bridgehead atoms. The molecule has 118 valence electrons. The van der Waals surface area contributed by atoms with E-state index >= 15 is 0 Å². The van der Waals surface area contributed by atoms with Crippen LogP contribution in [0.15, 0.2) is 23.1 Å². The second kappa shape index (κ2) is 7.24. The Morgan fingerprint density at radius 1 is 1.29 bits per heavy atom. The average Bonchev–Trinajstić information content (AvgIpc) is 2.50. The number of benzene rings is 1. The highest BCUT2D eigenvalue weighted by Gasteiger charge is 2.25. The van der Waals surface area contributed by atoms with E-state index in [2.05, 4.69) is 5.32 Å². The number of fused-ring (bicyclic) bond motifs is 1. The van der Waals surface area contributed by atoms with E-state index in [1.807, 2.05) is 6.07 Å². The Balaban J connectivity index is 2.15. The van der Waals surface area contributed by atoms with Gasteiger partial charge in [0.15, 0.2) is 0 Å². The minimum atomic E-state index is -3.44. The molecule has 2 rings (SSSR count). The van der Waals surface area contributed by atoms with Crippen molar-refractivity contribution < 1.29 is 13.5 Å². The standard InChI is InChI=1S/C15H24N2O3S/c1-17(11-3-2-4-12-18)21(19,20)15-9-5-8-14-13(15)7-6-10-16-14/h5,8-9,16,18H,2-4,6-7,10-12H2,1H3. The minimum absolute atomic E-state index is 0.161. The number of sulfonamides is 1. The van der Waals surface area contributed by atoms with Crippen LogP contribution in [0.4, 0.5) is 5.69 Å². The highest BCUT2D eigenvalue weighted by Crippen LogP contribution is 2.29. The van der Waals surface area contributed by atoms with Crippen molar-refractivity contribution in [1.82, 2.24) is 4.31 Å². The van der Waals surface area contributed by atoms with Gasteiger partial charge in [0.25, 0.3) is 0 Å². The average molecular weight is 312 g/mol. The van der Waals surface area contributed by atoms with Gasteiger partial charge in [-0.3, -0.25) is 0 Å². The molecule has 0 radical (unpaired) electrons. The van der Waals surface area contributed by atoms with E-state index in [0.29, 0.717) is 11.4 Å². The summed E-state index contributed by atoms with van der Waals surface area (Å²) >= 11 is 0. The minimum Gasteiger partial charge on any atom is -0.396 e. The van der Waals surface area contributed by atoms with E-state index in [0.717, 1.165) is 49.9 Å². The first-order chi connectivity index (χ1) is 10.1. The molecule has 0 saturated heterocycles. The summed E-state index contributed by atoms with van der Waals surface area (Å²) in [6.07, 6.45) is 4.09. The molecule has 1 aromatic rings. The van der Waals surface area contributed by atoms with Gasteiger partial charge in [0.1, 0.15) is 0 Å². The van der Waals surface area contributed by atoms with Gasteiger partial charge in [-0.15, -0.1) is 0 Å². The second-order valence-electron chi connectivity index (χ2n) is 5.42. The molecular weight excluding hydrogens is 288 g/mol. The molecule has 1 aliphatic rings. The van der Waals surface area contributed by atoms with Gasteiger partial charge in [0.2, 0.25) is 10.0 Å². The number of aliphatic hydroxyl groups is 1. The van der Waals surface area contributed by atoms with Gasteiger partial charge in [-0.05, 0) is 49.8 Å². The Morgan fingerprint density at radius 3 is 2.86 bits per heavy atom. The quantitative estimate of drug-likeness (QED) is 0.754. The SMILES string of the molecule is CN(CCCCCO)S(=O)(=O)c1cccc2c1CCCN2. The number of hydrogen-bond donors (Lipinski definition) is 2. The van der Waals surface area contributed by atoms with E-state index in [4.69, 9.17) is 5.11 Å². The largest absolute Gasteiger partial charge is 0.396 e. The number of nitrogens with one attached hydrogen (secondary N) is 1. The molecule has 1 aromatic carbocycles. The molecule has 21 heavy (non-hydrogen) atoms.